The summed E-state index contributed by atoms with van der Waals surface area (Å²) in [4.78, 5) is 171. The maximum absolute atomic E-state index is 14.9. The van der Waals surface area contributed by atoms with Crippen LogP contribution in [0.15, 0.2) is 95.6 Å². The number of thioether (sulfide) groups is 2. The zero-order valence-corrected chi connectivity index (χ0v) is 57.7. The van der Waals surface area contributed by atoms with Crippen LogP contribution in [0.25, 0.3) is 10.9 Å². The lowest BCUT2D eigenvalue weighted by Crippen LogP contribution is -2.60. The highest BCUT2D eigenvalue weighted by molar-refractivity contribution is 7.98. The molecule has 0 saturated carbocycles. The number of aromatic nitrogens is 3. The minimum Gasteiger partial charge on any atom is -0.508 e. The normalized spacial score (nSPS) is 22.0. The molecular formula is C66H90N18O15S2. The molecule has 2 bridgehead atoms. The number of amides is 11. The number of aliphatic imine (C=N–C) groups is 1. The molecule has 33 nitrogen and oxygen atoms in total. The second-order valence-corrected chi connectivity index (χ2v) is 25.7. The Kier molecular flexibility index (Phi) is 33.0. The van der Waals surface area contributed by atoms with Crippen LogP contribution in [0.3, 0.4) is 0 Å². The maximum atomic E-state index is 14.9. The summed E-state index contributed by atoms with van der Waals surface area (Å²) in [7, 11) is 0. The summed E-state index contributed by atoms with van der Waals surface area (Å²) in [5.41, 5.74) is 26.1. The number of benzene rings is 3. The number of aliphatic hydroxyl groups excluding tert-OH is 1. The smallest absolute Gasteiger partial charge is 0.266 e. The number of phenolic OH excluding ortho intramolecular Hbond substituents is 1. The Balaban J connectivity index is 1.27. The SMILES string of the molecule is CSCc1cc2cc(c1)OCCCCCCO/N=C/C(=O)N[C@@H](CCC(N)=O)C(=O)N[C@@H](C)C(=O)N[C@@H](Cc1cnc[nH]1)C(=O)N[C@@H](Cc1c[nH]c3ccccc13)C(=O)N[C@@H](Cc1ccc(O)cc1)C(=O)NCC(=O)NC[C@H](CCCN=C(N)N)C(=O)N[C@H](CO)C(=O)N[C@H](C(N)=O)CSC2. The van der Waals surface area contributed by atoms with Crippen molar-refractivity contribution in [3.63, 3.8) is 0 Å². The number of H-pyrrole nitrogens is 2. The highest BCUT2D eigenvalue weighted by Gasteiger charge is 2.34. The zero-order valence-electron chi connectivity index (χ0n) is 56.1. The number of nitrogens with one attached hydrogen (secondary N) is 11. The summed E-state index contributed by atoms with van der Waals surface area (Å²) in [5.74, 6) is -9.29. The molecule has 101 heavy (non-hydrogen) atoms. The predicted octanol–water partition coefficient (Wildman–Crippen LogP) is -1.57. The molecule has 0 saturated heterocycles. The van der Waals surface area contributed by atoms with E-state index in [-0.39, 0.29) is 82.1 Å². The van der Waals surface area contributed by atoms with E-state index in [4.69, 9.17) is 32.5 Å². The fourth-order valence-corrected chi connectivity index (χ4v) is 11.9. The molecule has 35 heteroatoms. The number of phenols is 1. The molecule has 1 aliphatic heterocycles. The molecule has 0 aliphatic carbocycles. The molecule has 0 fully saturated rings. The van der Waals surface area contributed by atoms with Gasteiger partial charge in [-0.25, -0.2) is 4.98 Å². The summed E-state index contributed by atoms with van der Waals surface area (Å²) in [6.07, 6.45) is 8.80. The first-order valence-corrected chi connectivity index (χ1v) is 35.2. The lowest BCUT2D eigenvalue weighted by molar-refractivity contribution is -0.135. The van der Waals surface area contributed by atoms with Crippen molar-refractivity contribution in [1.82, 2.24) is 62.8 Å². The lowest BCUT2D eigenvalue weighted by Gasteiger charge is -2.26. The van der Waals surface area contributed by atoms with Crippen LogP contribution in [-0.2, 0) is 88.3 Å². The van der Waals surface area contributed by atoms with Crippen LogP contribution < -0.4 is 75.5 Å². The molecule has 0 unspecified atom stereocenters. The number of imidazole rings is 1. The number of para-hydroxylation sites is 1. The van der Waals surface area contributed by atoms with Gasteiger partial charge in [-0.2, -0.15) is 23.5 Å². The average Bonchev–Trinajstić information content (AvgIpc) is 1.73. The first-order valence-electron chi connectivity index (χ1n) is 32.7. The van der Waals surface area contributed by atoms with E-state index in [0.717, 1.165) is 30.2 Å². The van der Waals surface area contributed by atoms with Gasteiger partial charge in [0.15, 0.2) is 5.96 Å². The summed E-state index contributed by atoms with van der Waals surface area (Å²) >= 11 is 2.91. The third-order valence-corrected chi connectivity index (χ3v) is 17.5. The molecule has 2 aromatic heterocycles. The molecule has 1 aliphatic rings. The van der Waals surface area contributed by atoms with E-state index >= 15 is 0 Å². The molecule has 11 amide bonds. The quantitative estimate of drug-likeness (QED) is 0.0284. The number of aromatic hydroxyl groups is 1. The van der Waals surface area contributed by atoms with Crippen molar-refractivity contribution in [3.8, 4) is 11.5 Å². The molecule has 5 aromatic rings. The highest BCUT2D eigenvalue weighted by atomic mass is 32.2. The standard InChI is InChI=1S/C66H90N18O15S2/c1-38-59(91)80-52(27-44-30-71-37-76-44)64(96)82-51(26-43-29-73-48-12-6-5-11-47(43)48)63(95)81-50(25-39-13-15-45(86)16-14-39)61(93)75-31-56(88)74-28-42(10-9-19-72-66(69)70)60(92)83-53(33-85)65(97)84-54(58(68)90)36-101-35-41-22-40(34-100-2)23-46(24-41)98-20-7-3-4-8-21-99-77-32-57(89)79-49(62(94)78-38)17-18-55(67)87/h5-6,11-16,22-24,29-30,32,37-38,42,49-54,73,85-86H,3-4,7-10,17-21,25-28,31,33-36H2,1-2H3,(H2,67,87)(H2,68,90)(H,71,76)(H,74,88)(H,75,93)(H,78,94)(H,79,89)(H,80,91)(H,81,95)(H,82,96)(H,83,92)(H,84,97)(H4,69,70,72)/b77-32+/t38-,42-,49-,50-,51-,52-,53+,54-/m0/s1. The maximum Gasteiger partial charge on any atom is 0.266 e. The van der Waals surface area contributed by atoms with Crippen LogP contribution in [0.5, 0.6) is 11.5 Å². The fraction of sp³-hybridized carbons (Fsp3) is 0.455. The number of primary amides is 2. The van der Waals surface area contributed by atoms with Crippen LogP contribution in [-0.4, -0.2) is 196 Å². The van der Waals surface area contributed by atoms with Crippen molar-refractivity contribution in [2.45, 2.75) is 131 Å². The molecule has 0 radical (unpaired) electrons. The van der Waals surface area contributed by atoms with Gasteiger partial charge in [0.2, 0.25) is 59.1 Å². The van der Waals surface area contributed by atoms with Crippen molar-refractivity contribution < 1.29 is 72.5 Å². The molecule has 546 valence electrons. The molecule has 8 atom stereocenters. The third kappa shape index (κ3) is 28.0. The number of aromatic amines is 2. The van der Waals surface area contributed by atoms with Crippen molar-refractivity contribution in [3.05, 3.63) is 113 Å². The van der Waals surface area contributed by atoms with E-state index in [1.54, 1.807) is 42.2 Å². The molecule has 0 spiro atoms. The third-order valence-electron chi connectivity index (χ3n) is 15.8. The Labute approximate surface area is 591 Å². The Morgan fingerprint density at radius 3 is 2.08 bits per heavy atom. The second kappa shape index (κ2) is 41.9. The Hall–Kier alpha value is -10.4. The Morgan fingerprint density at radius 2 is 1.39 bits per heavy atom. The van der Waals surface area contributed by atoms with E-state index in [1.807, 2.05) is 24.5 Å². The molecule has 21 N–H and O–H groups in total. The van der Waals surface area contributed by atoms with Crippen molar-refractivity contribution in [1.29, 1.82) is 0 Å². The fourth-order valence-electron chi connectivity index (χ4n) is 10.4. The van der Waals surface area contributed by atoms with Gasteiger partial charge in [-0.3, -0.25) is 57.7 Å². The number of nitrogens with two attached hydrogens (primary N) is 4. The van der Waals surface area contributed by atoms with Crippen LogP contribution in [0, 0.1) is 5.92 Å². The lowest BCUT2D eigenvalue weighted by atomic mass is 10.0. The van der Waals surface area contributed by atoms with Crippen LogP contribution >= 0.6 is 23.5 Å². The molecule has 6 rings (SSSR count). The summed E-state index contributed by atoms with van der Waals surface area (Å²) in [5, 5.41) is 48.2. The number of oxime groups is 1. The van der Waals surface area contributed by atoms with Crippen LogP contribution in [0.2, 0.25) is 0 Å². The number of fused-ring (bicyclic) bond motifs is 3. The molecule has 3 aromatic carbocycles. The van der Waals surface area contributed by atoms with E-state index < -0.39 is 126 Å². The van der Waals surface area contributed by atoms with Gasteiger partial charge in [0, 0.05) is 85.0 Å². The number of guanidine groups is 1. The number of aliphatic hydroxyl groups is 1. The van der Waals surface area contributed by atoms with E-state index in [2.05, 4.69) is 73.0 Å². The van der Waals surface area contributed by atoms with Crippen LogP contribution in [0.4, 0.5) is 0 Å². The monoisotopic (exact) mass is 1440 g/mol. The van der Waals surface area contributed by atoms with Gasteiger partial charge in [0.05, 0.1) is 32.0 Å². The first-order chi connectivity index (χ1) is 48.5. The van der Waals surface area contributed by atoms with E-state index in [1.165, 1.54) is 55.5 Å². The zero-order chi connectivity index (χ0) is 73.2. The highest BCUT2D eigenvalue weighted by Crippen LogP contribution is 2.25. The van der Waals surface area contributed by atoms with Gasteiger partial charge in [-0.15, -0.1) is 0 Å². The average molecular weight is 1440 g/mol. The summed E-state index contributed by atoms with van der Waals surface area (Å²) < 4.78 is 6.14. The van der Waals surface area contributed by atoms with Crippen LogP contribution in [0.1, 0.15) is 86.2 Å². The van der Waals surface area contributed by atoms with Gasteiger partial charge in [0.1, 0.15) is 66.6 Å². The Morgan fingerprint density at radius 1 is 0.703 bits per heavy atom. The molecule has 3 heterocycles. The number of rotatable bonds is 17. The summed E-state index contributed by atoms with van der Waals surface area (Å²) in [6.45, 7) is -0.0933. The van der Waals surface area contributed by atoms with Crippen molar-refractivity contribution in [2.75, 3.05) is 51.5 Å². The van der Waals surface area contributed by atoms with Gasteiger partial charge in [-0.05, 0) is 111 Å². The van der Waals surface area contributed by atoms with Gasteiger partial charge in [-0.1, -0.05) is 41.6 Å². The van der Waals surface area contributed by atoms with Gasteiger partial charge < -0.3 is 101 Å². The number of hydrogen-bond acceptors (Lipinski definition) is 20. The van der Waals surface area contributed by atoms with E-state index in [0.29, 0.717) is 64.4 Å². The number of carbonyl (C=O) groups excluding carboxylic acids is 11. The first kappa shape index (κ1) is 79.6. The number of hydrogen-bond donors (Lipinski definition) is 17. The van der Waals surface area contributed by atoms with Crippen molar-refractivity contribution >= 4 is 112 Å². The number of nitrogens with zero attached hydrogens (tertiary/aromatic N) is 3. The predicted molar refractivity (Wildman–Crippen MR) is 378 cm³/mol. The van der Waals surface area contributed by atoms with E-state index in [9.17, 15) is 63.0 Å². The largest absolute Gasteiger partial charge is 0.508 e. The molecular weight excluding hydrogens is 1350 g/mol. The van der Waals surface area contributed by atoms with Crippen molar-refractivity contribution in [2.24, 2.45) is 39.0 Å². The minimum absolute atomic E-state index is 0.00989. The number of ether oxygens (including phenoxy) is 1. The number of carbonyl (C=O) groups is 11. The minimum atomic E-state index is -1.59. The van der Waals surface area contributed by atoms with Gasteiger partial charge >= 0.3 is 0 Å². The van der Waals surface area contributed by atoms with Gasteiger partial charge in [0.25, 0.3) is 5.91 Å². The summed E-state index contributed by atoms with van der Waals surface area (Å²) in [6, 6.07) is 8.52. The second-order valence-electron chi connectivity index (χ2n) is 23.8. The Bertz CT molecular complexity index is 3670. The topological polar surface area (TPSA) is 528 Å².